The predicted molar refractivity (Wildman–Crippen MR) is 76.7 cm³/mol. The van der Waals surface area contributed by atoms with Crippen LogP contribution in [0.25, 0.3) is 0 Å². The molecule has 0 bridgehead atoms. The summed E-state index contributed by atoms with van der Waals surface area (Å²) < 4.78 is 1.93. The maximum atomic E-state index is 4.22. The van der Waals surface area contributed by atoms with Gasteiger partial charge in [0, 0.05) is 25.8 Å². The third-order valence-electron chi connectivity index (χ3n) is 4.20. The number of fused-ring (bicyclic) bond motifs is 1. The summed E-state index contributed by atoms with van der Waals surface area (Å²) in [6.45, 7) is 5.54. The zero-order chi connectivity index (χ0) is 13.5. The second-order valence-corrected chi connectivity index (χ2v) is 6.12. The maximum Gasteiger partial charge on any atom is 0.0518 e. The van der Waals surface area contributed by atoms with Crippen molar-refractivity contribution in [2.45, 2.75) is 32.9 Å². The molecule has 0 amide bonds. The van der Waals surface area contributed by atoms with Crippen LogP contribution in [0.4, 0.5) is 0 Å². The summed E-state index contributed by atoms with van der Waals surface area (Å²) in [6.07, 6.45) is 3.00. The van der Waals surface area contributed by atoms with Gasteiger partial charge in [-0.15, -0.1) is 0 Å². The molecule has 1 aromatic carbocycles. The Morgan fingerprint density at radius 2 is 2.11 bits per heavy atom. The Morgan fingerprint density at radius 1 is 1.32 bits per heavy atom. The van der Waals surface area contributed by atoms with Crippen LogP contribution in [-0.4, -0.2) is 9.78 Å². The monoisotopic (exact) mass is 255 g/mol. The van der Waals surface area contributed by atoms with Crippen LogP contribution in [0.5, 0.6) is 0 Å². The van der Waals surface area contributed by atoms with Gasteiger partial charge >= 0.3 is 0 Å². The number of aromatic nitrogens is 2. The number of benzene rings is 1. The molecule has 1 unspecified atom stereocenters. The van der Waals surface area contributed by atoms with E-state index < -0.39 is 0 Å². The van der Waals surface area contributed by atoms with Crippen LogP contribution < -0.4 is 5.32 Å². The molecule has 0 fully saturated rings. The summed E-state index contributed by atoms with van der Waals surface area (Å²) in [4.78, 5) is 0. The standard InChI is InChI=1S/C16H21N3/c1-16(2)10-12-6-4-5-7-14(12)15(16)17-11-13-8-9-18-19(13)3/h4-9,15,17H,10-11H2,1-3H3. The fraction of sp³-hybridized carbons (Fsp3) is 0.438. The third-order valence-corrected chi connectivity index (χ3v) is 4.20. The van der Waals surface area contributed by atoms with Crippen molar-refractivity contribution in [2.24, 2.45) is 12.5 Å². The molecule has 0 saturated heterocycles. The van der Waals surface area contributed by atoms with Gasteiger partial charge in [-0.05, 0) is 29.0 Å². The van der Waals surface area contributed by atoms with E-state index in [1.165, 1.54) is 16.8 Å². The van der Waals surface area contributed by atoms with Crippen LogP contribution in [0.1, 0.15) is 36.7 Å². The van der Waals surface area contributed by atoms with Crippen molar-refractivity contribution in [3.05, 3.63) is 53.3 Å². The van der Waals surface area contributed by atoms with E-state index in [9.17, 15) is 0 Å². The van der Waals surface area contributed by atoms with Gasteiger partial charge in [-0.25, -0.2) is 0 Å². The molecule has 0 radical (unpaired) electrons. The number of aryl methyl sites for hydroxylation is 1. The molecular formula is C16H21N3. The lowest BCUT2D eigenvalue weighted by molar-refractivity contribution is 0.266. The molecule has 1 N–H and O–H groups in total. The first-order chi connectivity index (χ1) is 9.08. The van der Waals surface area contributed by atoms with Gasteiger partial charge in [0.15, 0.2) is 0 Å². The molecule has 3 rings (SSSR count). The van der Waals surface area contributed by atoms with Crippen molar-refractivity contribution in [3.63, 3.8) is 0 Å². The van der Waals surface area contributed by atoms with Crippen molar-refractivity contribution >= 4 is 0 Å². The second-order valence-electron chi connectivity index (χ2n) is 6.12. The first-order valence-corrected chi connectivity index (χ1v) is 6.86. The summed E-state index contributed by atoms with van der Waals surface area (Å²) in [5.74, 6) is 0. The Bertz CT molecular complexity index is 583. The van der Waals surface area contributed by atoms with Crippen LogP contribution in [0.15, 0.2) is 36.5 Å². The van der Waals surface area contributed by atoms with Crippen LogP contribution in [0.3, 0.4) is 0 Å². The highest BCUT2D eigenvalue weighted by atomic mass is 15.3. The number of rotatable bonds is 3. The zero-order valence-electron chi connectivity index (χ0n) is 11.9. The topological polar surface area (TPSA) is 29.9 Å². The van der Waals surface area contributed by atoms with Crippen LogP contribution in [0.2, 0.25) is 0 Å². The molecule has 1 aliphatic carbocycles. The predicted octanol–water partition coefficient (Wildman–Crippen LogP) is 2.83. The SMILES string of the molecule is Cn1nccc1CNC1c2ccccc2CC1(C)C. The normalized spacial score (nSPS) is 20.5. The first kappa shape index (κ1) is 12.4. The van der Waals surface area contributed by atoms with Gasteiger partial charge < -0.3 is 5.32 Å². The molecule has 0 saturated carbocycles. The van der Waals surface area contributed by atoms with Gasteiger partial charge in [-0.3, -0.25) is 4.68 Å². The fourth-order valence-corrected chi connectivity index (χ4v) is 3.16. The van der Waals surface area contributed by atoms with Crippen molar-refractivity contribution in [1.29, 1.82) is 0 Å². The molecule has 0 spiro atoms. The van der Waals surface area contributed by atoms with E-state index in [4.69, 9.17) is 0 Å². The van der Waals surface area contributed by atoms with Crippen LogP contribution >= 0.6 is 0 Å². The van der Waals surface area contributed by atoms with Gasteiger partial charge in [-0.2, -0.15) is 5.10 Å². The van der Waals surface area contributed by atoms with Crippen molar-refractivity contribution < 1.29 is 0 Å². The average Bonchev–Trinajstić information content (AvgIpc) is 2.87. The largest absolute Gasteiger partial charge is 0.304 e. The van der Waals surface area contributed by atoms with Crippen molar-refractivity contribution in [3.8, 4) is 0 Å². The molecule has 1 aliphatic rings. The molecular weight excluding hydrogens is 234 g/mol. The van der Waals surface area contributed by atoms with Gasteiger partial charge in [0.05, 0.1) is 5.69 Å². The minimum atomic E-state index is 0.266. The molecule has 1 heterocycles. The molecule has 100 valence electrons. The van der Waals surface area contributed by atoms with E-state index in [-0.39, 0.29) is 5.41 Å². The minimum absolute atomic E-state index is 0.266. The molecule has 19 heavy (non-hydrogen) atoms. The fourth-order valence-electron chi connectivity index (χ4n) is 3.16. The summed E-state index contributed by atoms with van der Waals surface area (Å²) in [5.41, 5.74) is 4.42. The number of nitrogens with zero attached hydrogens (tertiary/aromatic N) is 2. The quantitative estimate of drug-likeness (QED) is 0.914. The number of nitrogens with one attached hydrogen (secondary N) is 1. The molecule has 1 atom stereocenters. The Balaban J connectivity index is 1.82. The maximum absolute atomic E-state index is 4.22. The molecule has 3 nitrogen and oxygen atoms in total. The number of hydrogen-bond acceptors (Lipinski definition) is 2. The van der Waals surface area contributed by atoms with Crippen LogP contribution in [0, 0.1) is 5.41 Å². The van der Waals surface area contributed by atoms with E-state index >= 15 is 0 Å². The highest BCUT2D eigenvalue weighted by molar-refractivity contribution is 5.37. The Hall–Kier alpha value is -1.61. The summed E-state index contributed by atoms with van der Waals surface area (Å²) in [7, 11) is 1.99. The first-order valence-electron chi connectivity index (χ1n) is 6.86. The lowest BCUT2D eigenvalue weighted by Crippen LogP contribution is -2.31. The Morgan fingerprint density at radius 3 is 2.84 bits per heavy atom. The van der Waals surface area contributed by atoms with E-state index in [0.717, 1.165) is 13.0 Å². The molecule has 2 aromatic rings. The van der Waals surface area contributed by atoms with Crippen LogP contribution in [-0.2, 0) is 20.0 Å². The summed E-state index contributed by atoms with van der Waals surface area (Å²) >= 11 is 0. The molecule has 3 heteroatoms. The molecule has 1 aromatic heterocycles. The lowest BCUT2D eigenvalue weighted by Gasteiger charge is -2.28. The van der Waals surface area contributed by atoms with E-state index in [1.54, 1.807) is 0 Å². The smallest absolute Gasteiger partial charge is 0.0518 e. The second kappa shape index (κ2) is 4.49. The van der Waals surface area contributed by atoms with Crippen molar-refractivity contribution in [2.75, 3.05) is 0 Å². The zero-order valence-corrected chi connectivity index (χ0v) is 11.9. The van der Waals surface area contributed by atoms with E-state index in [0.29, 0.717) is 6.04 Å². The third kappa shape index (κ3) is 2.19. The van der Waals surface area contributed by atoms with E-state index in [1.807, 2.05) is 17.9 Å². The van der Waals surface area contributed by atoms with Gasteiger partial charge in [0.25, 0.3) is 0 Å². The highest BCUT2D eigenvalue weighted by Crippen LogP contribution is 2.44. The van der Waals surface area contributed by atoms with E-state index in [2.05, 4.69) is 54.6 Å². The van der Waals surface area contributed by atoms with Gasteiger partial charge in [0.1, 0.15) is 0 Å². The Kier molecular flexibility index (Phi) is 2.94. The average molecular weight is 255 g/mol. The highest BCUT2D eigenvalue weighted by Gasteiger charge is 2.38. The van der Waals surface area contributed by atoms with Crippen molar-refractivity contribution in [1.82, 2.24) is 15.1 Å². The Labute approximate surface area is 114 Å². The summed E-state index contributed by atoms with van der Waals surface area (Å²) in [6, 6.07) is 11.3. The molecule has 0 aliphatic heterocycles. The lowest BCUT2D eigenvalue weighted by atomic mass is 9.85. The summed E-state index contributed by atoms with van der Waals surface area (Å²) in [5, 5.41) is 7.93. The van der Waals surface area contributed by atoms with Gasteiger partial charge in [0.2, 0.25) is 0 Å². The minimum Gasteiger partial charge on any atom is -0.304 e. The van der Waals surface area contributed by atoms with Gasteiger partial charge in [-0.1, -0.05) is 38.1 Å². The number of hydrogen-bond donors (Lipinski definition) is 1.